The lowest BCUT2D eigenvalue weighted by atomic mass is 10.2. The Morgan fingerprint density at radius 3 is 2.52 bits per heavy atom. The second-order valence-electron chi connectivity index (χ2n) is 5.49. The number of amides is 1. The first kappa shape index (κ1) is 18.7. The molecule has 1 aromatic heterocycles. The molecule has 3 rings (SSSR count). The Balaban J connectivity index is 1.67. The topological polar surface area (TPSA) is 91.2 Å². The molecule has 0 aliphatic heterocycles. The summed E-state index contributed by atoms with van der Waals surface area (Å²) in [5.41, 5.74) is 1.44. The molecular weight excluding hydrogens is 366 g/mol. The highest BCUT2D eigenvalue weighted by Gasteiger charge is 2.12. The molecule has 3 aromatic rings. The first-order valence-corrected chi connectivity index (χ1v) is 9.29. The minimum Gasteiger partial charge on any atom is -0.493 e. The number of benzene rings is 2. The van der Waals surface area contributed by atoms with Crippen LogP contribution in [0.25, 0.3) is 11.4 Å². The average Bonchev–Trinajstić information content (AvgIpc) is 3.16. The number of nitrogens with zero attached hydrogens (tertiary/aromatic N) is 4. The molecule has 140 valence electrons. The molecule has 0 saturated carbocycles. The van der Waals surface area contributed by atoms with Gasteiger partial charge in [-0.2, -0.15) is 4.80 Å². The van der Waals surface area contributed by atoms with Crippen molar-refractivity contribution in [3.8, 4) is 22.9 Å². The summed E-state index contributed by atoms with van der Waals surface area (Å²) in [4.78, 5) is 14.6. The normalized spacial score (nSPS) is 10.5. The Labute approximate surface area is 160 Å². The van der Waals surface area contributed by atoms with Gasteiger partial charge >= 0.3 is 0 Å². The minimum atomic E-state index is -0.233. The fraction of sp³-hybridized carbons (Fsp3) is 0.222. The lowest BCUT2D eigenvalue weighted by molar-refractivity contribution is -0.117. The summed E-state index contributed by atoms with van der Waals surface area (Å²) in [6, 6.07) is 12.9. The summed E-state index contributed by atoms with van der Waals surface area (Å²) in [6.45, 7) is -0.0371. The zero-order valence-electron chi connectivity index (χ0n) is 15.2. The van der Waals surface area contributed by atoms with Crippen LogP contribution in [-0.4, -0.2) is 46.6 Å². The van der Waals surface area contributed by atoms with Crippen LogP contribution in [0.15, 0.2) is 47.4 Å². The van der Waals surface area contributed by atoms with E-state index in [2.05, 4.69) is 20.7 Å². The summed E-state index contributed by atoms with van der Waals surface area (Å²) >= 11 is 1.64. The monoisotopic (exact) mass is 385 g/mol. The number of ether oxygens (including phenoxy) is 2. The molecule has 0 aliphatic carbocycles. The first-order valence-electron chi connectivity index (χ1n) is 8.07. The number of carbonyl (C=O) groups is 1. The van der Waals surface area contributed by atoms with Crippen LogP contribution in [-0.2, 0) is 11.3 Å². The van der Waals surface area contributed by atoms with Gasteiger partial charge in [0.15, 0.2) is 11.5 Å². The van der Waals surface area contributed by atoms with Crippen molar-refractivity contribution in [3.05, 3.63) is 42.5 Å². The van der Waals surface area contributed by atoms with Crippen molar-refractivity contribution < 1.29 is 14.3 Å². The number of rotatable bonds is 7. The van der Waals surface area contributed by atoms with E-state index in [-0.39, 0.29) is 12.5 Å². The Bertz CT molecular complexity index is 927. The fourth-order valence-electron chi connectivity index (χ4n) is 2.40. The van der Waals surface area contributed by atoms with E-state index in [9.17, 15) is 4.79 Å². The number of aromatic nitrogens is 4. The predicted molar refractivity (Wildman–Crippen MR) is 103 cm³/mol. The maximum atomic E-state index is 12.2. The van der Waals surface area contributed by atoms with Crippen LogP contribution >= 0.6 is 11.8 Å². The number of thioether (sulfide) groups is 1. The average molecular weight is 385 g/mol. The van der Waals surface area contributed by atoms with Gasteiger partial charge in [0.25, 0.3) is 0 Å². The van der Waals surface area contributed by atoms with E-state index >= 15 is 0 Å². The Morgan fingerprint density at radius 1 is 1.11 bits per heavy atom. The standard InChI is InChI=1S/C18H19N5O3S/c1-25-15-9-4-12(10-16(15)26-2)18-20-22-23(21-18)11-17(24)19-13-5-7-14(27-3)8-6-13/h4-10H,11H2,1-3H3,(H,19,24). The summed E-state index contributed by atoms with van der Waals surface area (Å²) in [6.07, 6.45) is 2.00. The Morgan fingerprint density at radius 2 is 1.85 bits per heavy atom. The molecule has 1 N–H and O–H groups in total. The number of methoxy groups -OCH3 is 2. The van der Waals surface area contributed by atoms with Crippen molar-refractivity contribution in [1.82, 2.24) is 20.2 Å². The van der Waals surface area contributed by atoms with Crippen molar-refractivity contribution >= 4 is 23.4 Å². The third kappa shape index (κ3) is 4.56. The van der Waals surface area contributed by atoms with Crippen LogP contribution < -0.4 is 14.8 Å². The van der Waals surface area contributed by atoms with Gasteiger partial charge in [0.1, 0.15) is 6.54 Å². The van der Waals surface area contributed by atoms with Crippen molar-refractivity contribution in [1.29, 1.82) is 0 Å². The number of nitrogens with one attached hydrogen (secondary N) is 1. The van der Waals surface area contributed by atoms with E-state index in [4.69, 9.17) is 9.47 Å². The highest BCUT2D eigenvalue weighted by Crippen LogP contribution is 2.30. The molecular formula is C18H19N5O3S. The van der Waals surface area contributed by atoms with E-state index in [1.54, 1.807) is 44.2 Å². The summed E-state index contributed by atoms with van der Waals surface area (Å²) < 4.78 is 10.5. The largest absolute Gasteiger partial charge is 0.493 e. The van der Waals surface area contributed by atoms with Crippen molar-refractivity contribution in [2.75, 3.05) is 25.8 Å². The third-order valence-electron chi connectivity index (χ3n) is 3.75. The number of carbonyl (C=O) groups excluding carboxylic acids is 1. The van der Waals surface area contributed by atoms with Crippen LogP contribution in [0.4, 0.5) is 5.69 Å². The molecule has 0 radical (unpaired) electrons. The quantitative estimate of drug-likeness (QED) is 0.625. The Kier molecular flexibility index (Phi) is 5.92. The fourth-order valence-corrected chi connectivity index (χ4v) is 2.81. The van der Waals surface area contributed by atoms with Gasteiger partial charge in [-0.1, -0.05) is 0 Å². The maximum Gasteiger partial charge on any atom is 0.248 e. The van der Waals surface area contributed by atoms with Gasteiger partial charge in [0, 0.05) is 16.1 Å². The molecule has 0 unspecified atom stereocenters. The predicted octanol–water partition coefficient (Wildman–Crippen LogP) is 2.72. The Hall–Kier alpha value is -3.07. The van der Waals surface area contributed by atoms with Crippen LogP contribution in [0.1, 0.15) is 0 Å². The van der Waals surface area contributed by atoms with Gasteiger partial charge < -0.3 is 14.8 Å². The van der Waals surface area contributed by atoms with Gasteiger partial charge in [-0.3, -0.25) is 4.79 Å². The molecule has 8 nitrogen and oxygen atoms in total. The number of hydrogen-bond acceptors (Lipinski definition) is 7. The molecule has 0 atom stereocenters. The van der Waals surface area contributed by atoms with Crippen LogP contribution in [0.2, 0.25) is 0 Å². The van der Waals surface area contributed by atoms with E-state index in [0.29, 0.717) is 22.9 Å². The number of hydrogen-bond donors (Lipinski definition) is 1. The summed E-state index contributed by atoms with van der Waals surface area (Å²) in [7, 11) is 3.13. The van der Waals surface area contributed by atoms with E-state index in [1.807, 2.05) is 30.5 Å². The first-order chi connectivity index (χ1) is 13.1. The smallest absolute Gasteiger partial charge is 0.248 e. The molecule has 1 heterocycles. The van der Waals surface area contributed by atoms with Crippen molar-refractivity contribution in [2.24, 2.45) is 0 Å². The zero-order chi connectivity index (χ0) is 19.2. The lowest BCUT2D eigenvalue weighted by Gasteiger charge is -2.07. The van der Waals surface area contributed by atoms with Gasteiger partial charge in [0.05, 0.1) is 14.2 Å². The summed E-state index contributed by atoms with van der Waals surface area (Å²) in [5, 5.41) is 15.0. The van der Waals surface area contributed by atoms with E-state index < -0.39 is 0 Å². The van der Waals surface area contributed by atoms with Crippen molar-refractivity contribution in [3.63, 3.8) is 0 Å². The molecule has 1 amide bonds. The van der Waals surface area contributed by atoms with Crippen LogP contribution in [0, 0.1) is 0 Å². The number of tetrazole rings is 1. The van der Waals surface area contributed by atoms with Gasteiger partial charge in [0.2, 0.25) is 11.7 Å². The highest BCUT2D eigenvalue weighted by atomic mass is 32.2. The molecule has 0 bridgehead atoms. The van der Waals surface area contributed by atoms with Gasteiger partial charge in [-0.05, 0) is 53.9 Å². The lowest BCUT2D eigenvalue weighted by Crippen LogP contribution is -2.20. The van der Waals surface area contributed by atoms with Crippen LogP contribution in [0.3, 0.4) is 0 Å². The molecule has 0 saturated heterocycles. The molecule has 2 aromatic carbocycles. The van der Waals surface area contributed by atoms with Crippen LogP contribution in [0.5, 0.6) is 11.5 Å². The van der Waals surface area contributed by atoms with E-state index in [0.717, 1.165) is 10.6 Å². The zero-order valence-corrected chi connectivity index (χ0v) is 16.0. The highest BCUT2D eigenvalue weighted by molar-refractivity contribution is 7.98. The van der Waals surface area contributed by atoms with Gasteiger partial charge in [-0.25, -0.2) is 0 Å². The van der Waals surface area contributed by atoms with E-state index in [1.165, 1.54) is 4.80 Å². The summed E-state index contributed by atoms with van der Waals surface area (Å²) in [5.74, 6) is 1.34. The molecule has 0 spiro atoms. The van der Waals surface area contributed by atoms with Crippen molar-refractivity contribution in [2.45, 2.75) is 11.4 Å². The second kappa shape index (κ2) is 8.54. The van der Waals surface area contributed by atoms with Gasteiger partial charge in [-0.15, -0.1) is 22.0 Å². The number of anilines is 1. The molecule has 27 heavy (non-hydrogen) atoms. The second-order valence-corrected chi connectivity index (χ2v) is 6.37. The molecule has 0 fully saturated rings. The molecule has 9 heteroatoms. The maximum absolute atomic E-state index is 12.2. The minimum absolute atomic E-state index is 0.0371. The third-order valence-corrected chi connectivity index (χ3v) is 4.50. The SMILES string of the molecule is COc1ccc(-c2nnn(CC(=O)Nc3ccc(SC)cc3)n2)cc1OC. The molecule has 0 aliphatic rings.